The van der Waals surface area contributed by atoms with Gasteiger partial charge in [-0.25, -0.2) is 4.39 Å². The normalized spacial score (nSPS) is 10.3. The van der Waals surface area contributed by atoms with Crippen LogP contribution in [0.3, 0.4) is 0 Å². The first kappa shape index (κ1) is 19.8. The molecule has 0 aliphatic heterocycles. The summed E-state index contributed by atoms with van der Waals surface area (Å²) in [6.07, 6.45) is 0.920. The molecule has 0 saturated heterocycles. The smallest absolute Gasteiger partial charge is 0.220 e. The fraction of sp³-hybridized carbons (Fsp3) is 0.316. The Morgan fingerprint density at radius 3 is 2.50 bits per heavy atom. The van der Waals surface area contributed by atoms with Crippen LogP contribution in [0, 0.1) is 5.82 Å². The summed E-state index contributed by atoms with van der Waals surface area (Å²) in [4.78, 5) is 11.9. The highest BCUT2D eigenvalue weighted by atomic mass is 35.5. The monoisotopic (exact) mass is 381 g/mol. The van der Waals surface area contributed by atoms with Gasteiger partial charge in [-0.05, 0) is 42.3 Å². The van der Waals surface area contributed by atoms with E-state index in [9.17, 15) is 9.18 Å². The minimum Gasteiger partial charge on any atom is -0.493 e. The van der Waals surface area contributed by atoms with Gasteiger partial charge in [-0.2, -0.15) is 0 Å². The molecule has 0 spiro atoms. The van der Waals surface area contributed by atoms with Gasteiger partial charge < -0.3 is 19.5 Å². The van der Waals surface area contributed by atoms with Crippen molar-refractivity contribution in [2.24, 2.45) is 0 Å². The number of hydrogen-bond acceptors (Lipinski definition) is 4. The first-order valence-electron chi connectivity index (χ1n) is 8.09. The van der Waals surface area contributed by atoms with Gasteiger partial charge >= 0.3 is 0 Å². The molecule has 0 unspecified atom stereocenters. The first-order valence-corrected chi connectivity index (χ1v) is 8.46. The first-order chi connectivity index (χ1) is 12.5. The van der Waals surface area contributed by atoms with Crippen molar-refractivity contribution in [1.29, 1.82) is 0 Å². The van der Waals surface area contributed by atoms with Crippen molar-refractivity contribution < 1.29 is 23.4 Å². The lowest BCUT2D eigenvalue weighted by Crippen LogP contribution is -2.28. The molecule has 7 heteroatoms. The van der Waals surface area contributed by atoms with E-state index in [1.165, 1.54) is 18.2 Å². The summed E-state index contributed by atoms with van der Waals surface area (Å²) in [6, 6.07) is 9.46. The number of halogens is 2. The molecule has 2 rings (SSSR count). The molecule has 0 aliphatic rings. The molecule has 1 amide bonds. The SMILES string of the molecule is COc1ccc(CCC(=O)NCCOc2ccc(F)cc2Cl)cc1OC. The Morgan fingerprint density at radius 2 is 1.81 bits per heavy atom. The number of hydrogen-bond donors (Lipinski definition) is 1. The number of nitrogens with one attached hydrogen (secondary N) is 1. The Hall–Kier alpha value is -2.47. The second-order valence-corrected chi connectivity index (χ2v) is 5.87. The number of carbonyl (C=O) groups is 1. The van der Waals surface area contributed by atoms with Gasteiger partial charge in [0.05, 0.1) is 25.8 Å². The second-order valence-electron chi connectivity index (χ2n) is 5.46. The van der Waals surface area contributed by atoms with Crippen LogP contribution in [0.2, 0.25) is 5.02 Å². The van der Waals surface area contributed by atoms with Crippen LogP contribution in [-0.2, 0) is 11.2 Å². The predicted molar refractivity (Wildman–Crippen MR) is 97.8 cm³/mol. The van der Waals surface area contributed by atoms with Crippen molar-refractivity contribution in [2.75, 3.05) is 27.4 Å². The van der Waals surface area contributed by atoms with E-state index in [0.717, 1.165) is 5.56 Å². The third-order valence-corrected chi connectivity index (χ3v) is 3.96. The highest BCUT2D eigenvalue weighted by Crippen LogP contribution is 2.28. The summed E-state index contributed by atoms with van der Waals surface area (Å²) in [5, 5.41) is 2.97. The van der Waals surface area contributed by atoms with E-state index in [1.807, 2.05) is 18.2 Å². The molecule has 140 valence electrons. The Kier molecular flexibility index (Phi) is 7.53. The molecular weight excluding hydrogens is 361 g/mol. The maximum absolute atomic E-state index is 12.9. The largest absolute Gasteiger partial charge is 0.493 e. The fourth-order valence-electron chi connectivity index (χ4n) is 2.33. The van der Waals surface area contributed by atoms with Gasteiger partial charge in [0.15, 0.2) is 11.5 Å². The van der Waals surface area contributed by atoms with E-state index in [-0.39, 0.29) is 17.5 Å². The lowest BCUT2D eigenvalue weighted by Gasteiger charge is -2.10. The van der Waals surface area contributed by atoms with Crippen LogP contribution in [-0.4, -0.2) is 33.3 Å². The van der Waals surface area contributed by atoms with E-state index in [4.69, 9.17) is 25.8 Å². The standard InChI is InChI=1S/C19H21ClFNO4/c1-24-17-6-3-13(11-18(17)25-2)4-8-19(23)22-9-10-26-16-7-5-14(21)12-15(16)20/h3,5-7,11-12H,4,8-10H2,1-2H3,(H,22,23). The number of ether oxygens (including phenoxy) is 3. The van der Waals surface area contributed by atoms with Crippen LogP contribution >= 0.6 is 11.6 Å². The quantitative estimate of drug-likeness (QED) is 0.674. The molecule has 0 bridgehead atoms. The van der Waals surface area contributed by atoms with Gasteiger partial charge in [-0.1, -0.05) is 17.7 Å². The average molecular weight is 382 g/mol. The maximum atomic E-state index is 12.9. The van der Waals surface area contributed by atoms with Crippen molar-refractivity contribution in [3.05, 3.63) is 52.8 Å². The fourth-order valence-corrected chi connectivity index (χ4v) is 2.55. The van der Waals surface area contributed by atoms with Crippen LogP contribution in [0.5, 0.6) is 17.2 Å². The van der Waals surface area contributed by atoms with Gasteiger partial charge in [-0.15, -0.1) is 0 Å². The Labute approximate surface area is 157 Å². The van der Waals surface area contributed by atoms with Gasteiger partial charge in [0.1, 0.15) is 18.2 Å². The summed E-state index contributed by atoms with van der Waals surface area (Å²) in [6.45, 7) is 0.575. The minimum atomic E-state index is -0.425. The van der Waals surface area contributed by atoms with E-state index >= 15 is 0 Å². The van der Waals surface area contributed by atoms with Gasteiger partial charge in [0.2, 0.25) is 5.91 Å². The van der Waals surface area contributed by atoms with Crippen LogP contribution in [0.15, 0.2) is 36.4 Å². The molecule has 0 radical (unpaired) electrons. The second kappa shape index (κ2) is 9.87. The van der Waals surface area contributed by atoms with Crippen LogP contribution in [0.25, 0.3) is 0 Å². The summed E-state index contributed by atoms with van der Waals surface area (Å²) >= 11 is 5.86. The number of methoxy groups -OCH3 is 2. The molecule has 0 fully saturated rings. The average Bonchev–Trinajstić information content (AvgIpc) is 2.64. The van der Waals surface area contributed by atoms with E-state index in [1.54, 1.807) is 14.2 Å². The minimum absolute atomic E-state index is 0.0893. The van der Waals surface area contributed by atoms with E-state index in [2.05, 4.69) is 5.32 Å². The number of rotatable bonds is 9. The number of carbonyl (C=O) groups excluding carboxylic acids is 1. The Bertz CT molecular complexity index is 754. The van der Waals surface area contributed by atoms with Gasteiger partial charge in [0, 0.05) is 6.42 Å². The van der Waals surface area contributed by atoms with Gasteiger partial charge in [-0.3, -0.25) is 4.79 Å². The molecule has 0 aliphatic carbocycles. The van der Waals surface area contributed by atoms with Crippen molar-refractivity contribution in [2.45, 2.75) is 12.8 Å². The molecule has 0 heterocycles. The topological polar surface area (TPSA) is 56.8 Å². The Balaban J connectivity index is 1.72. The highest BCUT2D eigenvalue weighted by molar-refractivity contribution is 6.32. The number of benzene rings is 2. The molecular formula is C19H21ClFNO4. The zero-order chi connectivity index (χ0) is 18.9. The lowest BCUT2D eigenvalue weighted by atomic mass is 10.1. The summed E-state index contributed by atoms with van der Waals surface area (Å²) < 4.78 is 28.8. The van der Waals surface area contributed by atoms with Crippen molar-refractivity contribution in [3.63, 3.8) is 0 Å². The zero-order valence-corrected chi connectivity index (χ0v) is 15.4. The summed E-state index contributed by atoms with van der Waals surface area (Å²) in [5.74, 6) is 1.15. The lowest BCUT2D eigenvalue weighted by molar-refractivity contribution is -0.121. The Morgan fingerprint density at radius 1 is 1.08 bits per heavy atom. The van der Waals surface area contributed by atoms with Gasteiger partial charge in [0.25, 0.3) is 0 Å². The van der Waals surface area contributed by atoms with E-state index < -0.39 is 5.82 Å². The van der Waals surface area contributed by atoms with Crippen molar-refractivity contribution >= 4 is 17.5 Å². The van der Waals surface area contributed by atoms with Crippen LogP contribution in [0.4, 0.5) is 4.39 Å². The molecule has 0 aromatic heterocycles. The zero-order valence-electron chi connectivity index (χ0n) is 14.7. The molecule has 2 aromatic rings. The molecule has 5 nitrogen and oxygen atoms in total. The molecule has 26 heavy (non-hydrogen) atoms. The molecule has 0 saturated carbocycles. The van der Waals surface area contributed by atoms with Crippen LogP contribution < -0.4 is 19.5 Å². The summed E-state index contributed by atoms with van der Waals surface area (Å²) in [7, 11) is 3.15. The number of aryl methyl sites for hydroxylation is 1. The molecule has 1 N–H and O–H groups in total. The van der Waals surface area contributed by atoms with Crippen LogP contribution in [0.1, 0.15) is 12.0 Å². The third kappa shape index (κ3) is 5.81. The molecule has 0 atom stereocenters. The third-order valence-electron chi connectivity index (χ3n) is 3.66. The van der Waals surface area contributed by atoms with Crippen molar-refractivity contribution in [3.8, 4) is 17.2 Å². The van der Waals surface area contributed by atoms with Crippen molar-refractivity contribution in [1.82, 2.24) is 5.32 Å². The van der Waals surface area contributed by atoms with E-state index in [0.29, 0.717) is 36.6 Å². The number of amides is 1. The predicted octanol–water partition coefficient (Wildman–Crippen LogP) is 3.62. The maximum Gasteiger partial charge on any atom is 0.220 e. The highest BCUT2D eigenvalue weighted by Gasteiger charge is 2.07. The molecule has 2 aromatic carbocycles. The summed E-state index contributed by atoms with van der Waals surface area (Å²) in [5.41, 5.74) is 0.979.